The van der Waals surface area contributed by atoms with Gasteiger partial charge in [-0.3, -0.25) is 4.79 Å². The summed E-state index contributed by atoms with van der Waals surface area (Å²) in [5.41, 5.74) is 0.849. The number of carbonyl (C=O) groups excluding carboxylic acids is 1. The van der Waals surface area contributed by atoms with Crippen molar-refractivity contribution in [1.29, 1.82) is 0 Å². The van der Waals surface area contributed by atoms with Crippen LogP contribution in [-0.4, -0.2) is 27.3 Å². The van der Waals surface area contributed by atoms with E-state index in [2.05, 4.69) is 13.8 Å². The summed E-state index contributed by atoms with van der Waals surface area (Å²) in [6.45, 7) is 4.46. The molecule has 3 heteroatoms. The molecule has 1 aliphatic heterocycles. The van der Waals surface area contributed by atoms with Gasteiger partial charge in [-0.25, -0.2) is 0 Å². The molecule has 0 amide bonds. The van der Waals surface area contributed by atoms with Crippen molar-refractivity contribution in [3.8, 4) is 0 Å². The fourth-order valence-corrected chi connectivity index (χ4v) is 4.59. The van der Waals surface area contributed by atoms with Crippen LogP contribution in [0.1, 0.15) is 24.2 Å². The first kappa shape index (κ1) is 12.1. The third-order valence-corrected chi connectivity index (χ3v) is 6.29. The Bertz CT molecular complexity index is 363. The molecule has 1 aromatic rings. The molecule has 0 aliphatic carbocycles. The maximum Gasteiger partial charge on any atom is 0.176 e. The van der Waals surface area contributed by atoms with Gasteiger partial charge in [-0.05, 0) is 0 Å². The van der Waals surface area contributed by atoms with Gasteiger partial charge in [0, 0.05) is 21.8 Å². The van der Waals surface area contributed by atoms with E-state index in [9.17, 15) is 4.79 Å². The van der Waals surface area contributed by atoms with Crippen LogP contribution >= 0.6 is 23.5 Å². The second-order valence-corrected chi connectivity index (χ2v) is 7.09. The van der Waals surface area contributed by atoms with Gasteiger partial charge >= 0.3 is 0 Å². The molecule has 1 nitrogen and oxygen atoms in total. The van der Waals surface area contributed by atoms with E-state index < -0.39 is 0 Å². The van der Waals surface area contributed by atoms with Crippen molar-refractivity contribution in [2.45, 2.75) is 29.6 Å². The van der Waals surface area contributed by atoms with Crippen molar-refractivity contribution in [3.05, 3.63) is 35.9 Å². The lowest BCUT2D eigenvalue weighted by Gasteiger charge is -2.30. The Balaban J connectivity index is 2.06. The highest BCUT2D eigenvalue weighted by Gasteiger charge is 2.30. The molecule has 0 N–H and O–H groups in total. The Morgan fingerprint density at radius 3 is 2.50 bits per heavy atom. The summed E-state index contributed by atoms with van der Waals surface area (Å²) < 4.78 is 0. The standard InChI is InChI=1S/C13H16OS2/c1-9-10(2)16-12(8-15-9)13(14)11-6-4-3-5-7-11/h3-7,9-10,12H,8H2,1-2H3. The van der Waals surface area contributed by atoms with E-state index in [1.165, 1.54) is 0 Å². The maximum absolute atomic E-state index is 12.2. The average molecular weight is 252 g/mol. The number of Topliss-reactive ketones (excluding diaryl/α,β-unsaturated/α-hetero) is 1. The second-order valence-electron chi connectivity index (χ2n) is 4.10. The molecule has 1 saturated heterocycles. The summed E-state index contributed by atoms with van der Waals surface area (Å²) in [5.74, 6) is 1.24. The molecular weight excluding hydrogens is 236 g/mol. The van der Waals surface area contributed by atoms with E-state index >= 15 is 0 Å². The maximum atomic E-state index is 12.2. The Labute approximate surface area is 105 Å². The van der Waals surface area contributed by atoms with Gasteiger partial charge in [0.25, 0.3) is 0 Å². The molecule has 0 bridgehead atoms. The molecular formula is C13H16OS2. The number of ketones is 1. The molecule has 16 heavy (non-hydrogen) atoms. The minimum Gasteiger partial charge on any atom is -0.293 e. The molecule has 0 aromatic heterocycles. The van der Waals surface area contributed by atoms with Gasteiger partial charge in [0.15, 0.2) is 5.78 Å². The van der Waals surface area contributed by atoms with Crippen molar-refractivity contribution < 1.29 is 4.79 Å². The van der Waals surface area contributed by atoms with E-state index in [-0.39, 0.29) is 11.0 Å². The smallest absolute Gasteiger partial charge is 0.176 e. The molecule has 3 unspecified atom stereocenters. The monoisotopic (exact) mass is 252 g/mol. The predicted molar refractivity (Wildman–Crippen MR) is 73.5 cm³/mol. The second kappa shape index (κ2) is 5.28. The number of thioether (sulfide) groups is 2. The first-order chi connectivity index (χ1) is 7.68. The summed E-state index contributed by atoms with van der Waals surface area (Å²) in [7, 11) is 0. The molecule has 1 fully saturated rings. The van der Waals surface area contributed by atoms with E-state index in [4.69, 9.17) is 0 Å². The van der Waals surface area contributed by atoms with Crippen LogP contribution in [0.15, 0.2) is 30.3 Å². The first-order valence-electron chi connectivity index (χ1n) is 5.55. The molecule has 1 aromatic carbocycles. The Kier molecular flexibility index (Phi) is 3.98. The minimum absolute atomic E-state index is 0.138. The predicted octanol–water partition coefficient (Wildman–Crippen LogP) is 3.49. The third kappa shape index (κ3) is 2.64. The van der Waals surface area contributed by atoms with Gasteiger partial charge in [0.2, 0.25) is 0 Å². The number of benzene rings is 1. The van der Waals surface area contributed by atoms with Crippen LogP contribution in [0.4, 0.5) is 0 Å². The third-order valence-electron chi connectivity index (χ3n) is 2.90. The topological polar surface area (TPSA) is 17.1 Å². The van der Waals surface area contributed by atoms with Gasteiger partial charge < -0.3 is 0 Å². The lowest BCUT2D eigenvalue weighted by atomic mass is 10.1. The zero-order valence-corrected chi connectivity index (χ0v) is 11.2. The quantitative estimate of drug-likeness (QED) is 0.750. The van der Waals surface area contributed by atoms with Crippen molar-refractivity contribution in [1.82, 2.24) is 0 Å². The van der Waals surface area contributed by atoms with Crippen LogP contribution in [0.3, 0.4) is 0 Å². The van der Waals surface area contributed by atoms with E-state index in [1.54, 1.807) is 0 Å². The average Bonchev–Trinajstić information content (AvgIpc) is 2.33. The Morgan fingerprint density at radius 1 is 1.19 bits per heavy atom. The SMILES string of the molecule is CC1SCC(C(=O)c2ccccc2)SC1C. The van der Waals surface area contributed by atoms with Gasteiger partial charge in [0.05, 0.1) is 5.25 Å². The fourth-order valence-electron chi connectivity index (χ4n) is 1.71. The number of hydrogen-bond donors (Lipinski definition) is 0. The Hall–Kier alpha value is -0.410. The van der Waals surface area contributed by atoms with Crippen LogP contribution in [0.2, 0.25) is 0 Å². The summed E-state index contributed by atoms with van der Waals surface area (Å²) in [5, 5.41) is 1.36. The van der Waals surface area contributed by atoms with Crippen LogP contribution in [0.5, 0.6) is 0 Å². The normalized spacial score (nSPS) is 30.0. The highest BCUT2D eigenvalue weighted by molar-refractivity contribution is 8.08. The van der Waals surface area contributed by atoms with Gasteiger partial charge in [-0.1, -0.05) is 44.2 Å². The van der Waals surface area contributed by atoms with Gasteiger partial charge in [-0.15, -0.1) is 11.8 Å². The fraction of sp³-hybridized carbons (Fsp3) is 0.462. The molecule has 86 valence electrons. The number of carbonyl (C=O) groups is 1. The first-order valence-corrected chi connectivity index (χ1v) is 7.54. The highest BCUT2D eigenvalue weighted by Crippen LogP contribution is 2.36. The van der Waals surface area contributed by atoms with E-state index in [0.29, 0.717) is 10.5 Å². The summed E-state index contributed by atoms with van der Waals surface area (Å²) >= 11 is 3.74. The van der Waals surface area contributed by atoms with Crippen LogP contribution in [0, 0.1) is 0 Å². The van der Waals surface area contributed by atoms with Gasteiger partial charge in [-0.2, -0.15) is 11.8 Å². The zero-order chi connectivity index (χ0) is 11.5. The molecule has 0 spiro atoms. The van der Waals surface area contributed by atoms with Crippen molar-refractivity contribution in [2.75, 3.05) is 5.75 Å². The van der Waals surface area contributed by atoms with Crippen LogP contribution in [0.25, 0.3) is 0 Å². The number of rotatable bonds is 2. The van der Waals surface area contributed by atoms with E-state index in [1.807, 2.05) is 53.9 Å². The molecule has 2 rings (SSSR count). The number of hydrogen-bond acceptors (Lipinski definition) is 3. The molecule has 1 heterocycles. The summed E-state index contributed by atoms with van der Waals surface area (Å²) in [6.07, 6.45) is 0. The van der Waals surface area contributed by atoms with E-state index in [0.717, 1.165) is 11.3 Å². The lowest BCUT2D eigenvalue weighted by molar-refractivity contribution is 0.0995. The van der Waals surface area contributed by atoms with Crippen molar-refractivity contribution >= 4 is 29.3 Å². The molecule has 0 radical (unpaired) electrons. The van der Waals surface area contributed by atoms with Gasteiger partial charge in [0.1, 0.15) is 0 Å². The largest absolute Gasteiger partial charge is 0.293 e. The van der Waals surface area contributed by atoms with Crippen molar-refractivity contribution in [2.24, 2.45) is 0 Å². The molecule has 3 atom stereocenters. The van der Waals surface area contributed by atoms with Crippen LogP contribution in [-0.2, 0) is 0 Å². The zero-order valence-electron chi connectivity index (χ0n) is 9.55. The van der Waals surface area contributed by atoms with Crippen molar-refractivity contribution in [3.63, 3.8) is 0 Å². The minimum atomic E-state index is 0.138. The summed E-state index contributed by atoms with van der Waals surface area (Å²) in [4.78, 5) is 12.2. The lowest BCUT2D eigenvalue weighted by Crippen LogP contribution is -2.31. The van der Waals surface area contributed by atoms with Crippen LogP contribution < -0.4 is 0 Å². The molecule has 1 aliphatic rings. The summed E-state index contributed by atoms with van der Waals surface area (Å²) in [6, 6.07) is 9.64. The Morgan fingerprint density at radius 2 is 1.88 bits per heavy atom. The highest BCUT2D eigenvalue weighted by atomic mass is 32.2. The molecule has 0 saturated carbocycles.